The fourth-order valence-electron chi connectivity index (χ4n) is 4.31. The summed E-state index contributed by atoms with van der Waals surface area (Å²) in [4.78, 5) is 20.1. The van der Waals surface area contributed by atoms with E-state index in [0.29, 0.717) is 18.9 Å². The summed E-state index contributed by atoms with van der Waals surface area (Å²) in [5.41, 5.74) is 4.14. The quantitative estimate of drug-likeness (QED) is 0.371. The number of amides is 1. The first kappa shape index (κ1) is 24.9. The van der Waals surface area contributed by atoms with Crippen molar-refractivity contribution in [3.8, 4) is 0 Å². The van der Waals surface area contributed by atoms with Gasteiger partial charge in [0.25, 0.3) is 0 Å². The van der Waals surface area contributed by atoms with Crippen LogP contribution in [-0.4, -0.2) is 56.2 Å². The van der Waals surface area contributed by atoms with Gasteiger partial charge in [0.15, 0.2) is 0 Å². The Morgan fingerprint density at radius 1 is 1.00 bits per heavy atom. The lowest BCUT2D eigenvalue weighted by molar-refractivity contribution is -0.118. The fraction of sp³-hybridized carbons (Fsp3) is 0.259. The number of morpholine rings is 1. The molecule has 1 amide bonds. The number of carbonyl (C=O) groups excluding carboxylic acids is 1. The number of rotatable bonds is 8. The number of aromatic nitrogens is 2. The van der Waals surface area contributed by atoms with E-state index < -0.39 is 22.0 Å². The highest BCUT2D eigenvalue weighted by Crippen LogP contribution is 2.20. The van der Waals surface area contributed by atoms with Gasteiger partial charge in [-0.3, -0.25) is 4.79 Å². The first-order valence-corrected chi connectivity index (χ1v) is 13.6. The highest BCUT2D eigenvalue weighted by molar-refractivity contribution is 7.89. The third-order valence-corrected chi connectivity index (χ3v) is 7.85. The van der Waals surface area contributed by atoms with Crippen LogP contribution in [-0.2, 0) is 26.1 Å². The van der Waals surface area contributed by atoms with Crippen LogP contribution >= 0.6 is 0 Å². The van der Waals surface area contributed by atoms with Crippen molar-refractivity contribution in [1.82, 2.24) is 14.3 Å². The predicted octanol–water partition coefficient (Wildman–Crippen LogP) is 3.17. The molecular weight excluding hydrogens is 490 g/mol. The van der Waals surface area contributed by atoms with Gasteiger partial charge in [0.1, 0.15) is 6.04 Å². The third-order valence-electron chi connectivity index (χ3n) is 6.36. The van der Waals surface area contributed by atoms with Gasteiger partial charge in [0.2, 0.25) is 15.9 Å². The molecule has 1 saturated heterocycles. The standard InChI is InChI=1S/C27H29N5O4S/c1-20-6-12-23(13-7-20)37(34,35)30-25(18-32-19-28-24-4-2-3-5-26(24)32)27(33)29-21-8-10-22(11-9-21)31-14-16-36-17-15-31/h2-13,19,25,30H,14-18H2,1H3,(H,29,33)/t25-/m0/s1. The number of hydrogen-bond donors (Lipinski definition) is 2. The van der Waals surface area contributed by atoms with Gasteiger partial charge in [-0.05, 0) is 55.5 Å². The van der Waals surface area contributed by atoms with E-state index in [9.17, 15) is 13.2 Å². The predicted molar refractivity (Wildman–Crippen MR) is 143 cm³/mol. The molecule has 2 N–H and O–H groups in total. The highest BCUT2D eigenvalue weighted by Gasteiger charge is 2.27. The van der Waals surface area contributed by atoms with E-state index in [0.717, 1.165) is 35.4 Å². The molecule has 2 heterocycles. The maximum atomic E-state index is 13.4. The Hall–Kier alpha value is -3.73. The molecular formula is C27H29N5O4S. The first-order valence-electron chi connectivity index (χ1n) is 12.1. The summed E-state index contributed by atoms with van der Waals surface area (Å²) < 4.78 is 36.2. The van der Waals surface area contributed by atoms with Gasteiger partial charge in [0, 0.05) is 31.0 Å². The first-order chi connectivity index (χ1) is 17.9. The molecule has 5 rings (SSSR count). The van der Waals surface area contributed by atoms with Gasteiger partial charge in [-0.15, -0.1) is 0 Å². The SMILES string of the molecule is Cc1ccc(S(=O)(=O)N[C@@H](Cn2cnc3ccccc32)C(=O)Nc2ccc(N3CCOCC3)cc2)cc1. The lowest BCUT2D eigenvalue weighted by Crippen LogP contribution is -2.46. The van der Waals surface area contributed by atoms with Crippen molar-refractivity contribution in [2.75, 3.05) is 36.5 Å². The Morgan fingerprint density at radius 2 is 1.70 bits per heavy atom. The second-order valence-electron chi connectivity index (χ2n) is 9.01. The van der Waals surface area contributed by atoms with Crippen LogP contribution in [0, 0.1) is 6.92 Å². The van der Waals surface area contributed by atoms with Crippen LogP contribution < -0.4 is 14.9 Å². The molecule has 0 unspecified atom stereocenters. The van der Waals surface area contributed by atoms with Crippen molar-refractivity contribution in [3.05, 3.63) is 84.7 Å². The smallest absolute Gasteiger partial charge is 0.244 e. The molecule has 1 atom stereocenters. The Morgan fingerprint density at radius 3 is 2.43 bits per heavy atom. The number of sulfonamides is 1. The maximum absolute atomic E-state index is 13.4. The van der Waals surface area contributed by atoms with Crippen molar-refractivity contribution in [1.29, 1.82) is 0 Å². The average molecular weight is 520 g/mol. The van der Waals surface area contributed by atoms with Gasteiger partial charge in [-0.1, -0.05) is 29.8 Å². The fourth-order valence-corrected chi connectivity index (χ4v) is 5.49. The maximum Gasteiger partial charge on any atom is 0.244 e. The lowest BCUT2D eigenvalue weighted by Gasteiger charge is -2.29. The van der Waals surface area contributed by atoms with Crippen LogP contribution in [0.1, 0.15) is 5.56 Å². The minimum atomic E-state index is -3.95. The molecule has 10 heteroatoms. The highest BCUT2D eigenvalue weighted by atomic mass is 32.2. The lowest BCUT2D eigenvalue weighted by atomic mass is 10.2. The van der Waals surface area contributed by atoms with Crippen molar-refractivity contribution in [2.24, 2.45) is 0 Å². The number of para-hydroxylation sites is 2. The van der Waals surface area contributed by atoms with Crippen LogP contribution in [0.2, 0.25) is 0 Å². The van der Waals surface area contributed by atoms with Crippen LogP contribution in [0.25, 0.3) is 11.0 Å². The zero-order chi connectivity index (χ0) is 25.8. The molecule has 9 nitrogen and oxygen atoms in total. The Kier molecular flexibility index (Phi) is 7.22. The van der Waals surface area contributed by atoms with E-state index in [2.05, 4.69) is 19.9 Å². The number of nitrogens with one attached hydrogen (secondary N) is 2. The van der Waals surface area contributed by atoms with Gasteiger partial charge < -0.3 is 19.5 Å². The zero-order valence-corrected chi connectivity index (χ0v) is 21.3. The molecule has 0 aliphatic carbocycles. The largest absolute Gasteiger partial charge is 0.378 e. The Bertz CT molecular complexity index is 1480. The van der Waals surface area contributed by atoms with Crippen molar-refractivity contribution in [3.63, 3.8) is 0 Å². The number of carbonyl (C=O) groups is 1. The molecule has 0 spiro atoms. The minimum absolute atomic E-state index is 0.0727. The summed E-state index contributed by atoms with van der Waals surface area (Å²) in [5.74, 6) is -0.465. The number of anilines is 2. The second-order valence-corrected chi connectivity index (χ2v) is 10.7. The molecule has 3 aromatic carbocycles. The second kappa shape index (κ2) is 10.7. The molecule has 1 fully saturated rings. The number of benzene rings is 3. The topological polar surface area (TPSA) is 106 Å². The third kappa shape index (κ3) is 5.82. The molecule has 192 valence electrons. The van der Waals surface area contributed by atoms with Crippen molar-refractivity contribution in [2.45, 2.75) is 24.4 Å². The zero-order valence-electron chi connectivity index (χ0n) is 20.5. The van der Waals surface area contributed by atoms with E-state index in [1.54, 1.807) is 23.0 Å². The van der Waals surface area contributed by atoms with Crippen molar-refractivity contribution >= 4 is 38.3 Å². The van der Waals surface area contributed by atoms with Gasteiger partial charge in [0.05, 0.1) is 35.5 Å². The molecule has 0 bridgehead atoms. The van der Waals surface area contributed by atoms with Crippen LogP contribution in [0.4, 0.5) is 11.4 Å². The minimum Gasteiger partial charge on any atom is -0.378 e. The Balaban J connectivity index is 1.38. The normalized spacial score (nSPS) is 15.0. The van der Waals surface area contributed by atoms with Crippen LogP contribution in [0.5, 0.6) is 0 Å². The monoisotopic (exact) mass is 519 g/mol. The number of nitrogens with zero attached hydrogens (tertiary/aromatic N) is 3. The van der Waals surface area contributed by atoms with Gasteiger partial charge >= 0.3 is 0 Å². The van der Waals surface area contributed by atoms with Crippen LogP contribution in [0.15, 0.2) is 84.0 Å². The molecule has 0 saturated carbocycles. The molecule has 37 heavy (non-hydrogen) atoms. The summed E-state index contributed by atoms with van der Waals surface area (Å²) in [5, 5.41) is 2.87. The van der Waals surface area contributed by atoms with E-state index >= 15 is 0 Å². The van der Waals surface area contributed by atoms with Gasteiger partial charge in [-0.25, -0.2) is 13.4 Å². The molecule has 1 aromatic heterocycles. The summed E-state index contributed by atoms with van der Waals surface area (Å²) in [6, 6.07) is 20.5. The molecule has 1 aliphatic rings. The number of fused-ring (bicyclic) bond motifs is 1. The summed E-state index contributed by atoms with van der Waals surface area (Å²) in [6.07, 6.45) is 1.61. The molecule has 0 radical (unpaired) electrons. The van der Waals surface area contributed by atoms with E-state index in [1.165, 1.54) is 12.1 Å². The summed E-state index contributed by atoms with van der Waals surface area (Å²) in [7, 11) is -3.95. The van der Waals surface area contributed by atoms with E-state index in [4.69, 9.17) is 4.74 Å². The van der Waals surface area contributed by atoms with Crippen molar-refractivity contribution < 1.29 is 17.9 Å². The summed E-state index contributed by atoms with van der Waals surface area (Å²) >= 11 is 0. The van der Waals surface area contributed by atoms with E-state index in [-0.39, 0.29) is 11.4 Å². The Labute approximate surface area is 216 Å². The number of imidazole rings is 1. The van der Waals surface area contributed by atoms with E-state index in [1.807, 2.05) is 55.5 Å². The molecule has 1 aliphatic heterocycles. The average Bonchev–Trinajstić information content (AvgIpc) is 3.32. The number of aryl methyl sites for hydroxylation is 1. The number of hydrogen-bond acceptors (Lipinski definition) is 6. The van der Waals surface area contributed by atoms with Gasteiger partial charge in [-0.2, -0.15) is 4.72 Å². The van der Waals surface area contributed by atoms with Crippen LogP contribution in [0.3, 0.4) is 0 Å². The summed E-state index contributed by atoms with van der Waals surface area (Å²) in [6.45, 7) is 4.95. The number of ether oxygens (including phenoxy) is 1. The molecule has 4 aromatic rings.